The Kier molecular flexibility index (Phi) is 4.31. The number of anilines is 1. The number of nitrogens with one attached hydrogen (secondary N) is 1. The van der Waals surface area contributed by atoms with Crippen LogP contribution in [0.15, 0.2) is 67.1 Å². The Morgan fingerprint density at radius 3 is 2.66 bits per heavy atom. The molecule has 0 spiro atoms. The lowest BCUT2D eigenvalue weighted by molar-refractivity contribution is -0.115. The summed E-state index contributed by atoms with van der Waals surface area (Å²) in [6.07, 6.45) is 5.81. The molecule has 1 aliphatic rings. The van der Waals surface area contributed by atoms with E-state index in [-0.39, 0.29) is 23.8 Å². The lowest BCUT2D eigenvalue weighted by Gasteiger charge is -2.09. The third-order valence-electron chi connectivity index (χ3n) is 5.25. The molecule has 2 aromatic heterocycles. The van der Waals surface area contributed by atoms with Crippen molar-refractivity contribution in [1.29, 1.82) is 0 Å². The summed E-state index contributed by atoms with van der Waals surface area (Å²) >= 11 is 0. The van der Waals surface area contributed by atoms with Gasteiger partial charge in [0.2, 0.25) is 5.91 Å². The van der Waals surface area contributed by atoms with Gasteiger partial charge < -0.3 is 5.32 Å². The van der Waals surface area contributed by atoms with Crippen LogP contribution in [0.1, 0.15) is 29.9 Å². The number of hydrogen-bond donors (Lipinski definition) is 1. The van der Waals surface area contributed by atoms with E-state index in [2.05, 4.69) is 15.4 Å². The SMILES string of the molecule is O=C(Cc1ccc(-c2ccn3ncnc3c2)cc1)Nc1ccc(C2CC2)cc1F. The number of carbonyl (C=O) groups excluding carboxylic acids is 1. The summed E-state index contributed by atoms with van der Waals surface area (Å²) in [5.41, 5.74) is 4.95. The minimum Gasteiger partial charge on any atom is -0.323 e. The number of amides is 1. The summed E-state index contributed by atoms with van der Waals surface area (Å²) in [4.78, 5) is 16.5. The molecular weight excluding hydrogens is 367 g/mol. The van der Waals surface area contributed by atoms with Crippen LogP contribution in [0, 0.1) is 5.82 Å². The maximum Gasteiger partial charge on any atom is 0.228 e. The molecule has 1 aliphatic carbocycles. The van der Waals surface area contributed by atoms with E-state index >= 15 is 0 Å². The van der Waals surface area contributed by atoms with Crippen molar-refractivity contribution in [3.05, 3.63) is 84.1 Å². The van der Waals surface area contributed by atoms with E-state index in [1.807, 2.05) is 48.7 Å². The van der Waals surface area contributed by atoms with E-state index in [0.717, 1.165) is 40.7 Å². The zero-order valence-electron chi connectivity index (χ0n) is 15.7. The van der Waals surface area contributed by atoms with Crippen LogP contribution in [0.25, 0.3) is 16.8 Å². The average molecular weight is 386 g/mol. The molecule has 0 bridgehead atoms. The van der Waals surface area contributed by atoms with Gasteiger partial charge in [-0.3, -0.25) is 4.79 Å². The first-order valence-electron chi connectivity index (χ1n) is 9.64. The molecule has 4 aromatic rings. The second kappa shape index (κ2) is 7.13. The molecule has 2 aromatic carbocycles. The van der Waals surface area contributed by atoms with Gasteiger partial charge in [-0.2, -0.15) is 5.10 Å². The van der Waals surface area contributed by atoms with Gasteiger partial charge >= 0.3 is 0 Å². The molecule has 0 unspecified atom stereocenters. The molecule has 29 heavy (non-hydrogen) atoms. The highest BCUT2D eigenvalue weighted by Crippen LogP contribution is 2.40. The minimum absolute atomic E-state index is 0.188. The summed E-state index contributed by atoms with van der Waals surface area (Å²) in [6.45, 7) is 0. The van der Waals surface area contributed by atoms with Crippen molar-refractivity contribution in [2.24, 2.45) is 0 Å². The van der Waals surface area contributed by atoms with Gasteiger partial charge in [-0.05, 0) is 65.3 Å². The van der Waals surface area contributed by atoms with Crippen LogP contribution in [0.4, 0.5) is 10.1 Å². The molecule has 0 radical (unpaired) electrons. The third kappa shape index (κ3) is 3.74. The monoisotopic (exact) mass is 386 g/mol. The summed E-state index contributed by atoms with van der Waals surface area (Å²) in [5, 5.41) is 6.77. The van der Waals surface area contributed by atoms with E-state index in [0.29, 0.717) is 5.92 Å². The number of hydrogen-bond acceptors (Lipinski definition) is 3. The normalized spacial score (nSPS) is 13.6. The van der Waals surface area contributed by atoms with Crippen molar-refractivity contribution in [3.8, 4) is 11.1 Å². The Balaban J connectivity index is 1.26. The van der Waals surface area contributed by atoms with Gasteiger partial charge in [0.05, 0.1) is 12.1 Å². The first kappa shape index (κ1) is 17.6. The predicted molar refractivity (Wildman–Crippen MR) is 109 cm³/mol. The smallest absolute Gasteiger partial charge is 0.228 e. The van der Waals surface area contributed by atoms with Crippen LogP contribution in [-0.4, -0.2) is 20.5 Å². The zero-order valence-corrected chi connectivity index (χ0v) is 15.7. The highest BCUT2D eigenvalue weighted by Gasteiger charge is 2.24. The molecule has 1 amide bonds. The summed E-state index contributed by atoms with van der Waals surface area (Å²) in [7, 11) is 0. The topological polar surface area (TPSA) is 59.3 Å². The highest BCUT2D eigenvalue weighted by molar-refractivity contribution is 5.92. The maximum atomic E-state index is 14.2. The quantitative estimate of drug-likeness (QED) is 0.546. The zero-order chi connectivity index (χ0) is 19.8. The number of fused-ring (bicyclic) bond motifs is 1. The molecule has 0 saturated heterocycles. The number of aromatic nitrogens is 3. The largest absolute Gasteiger partial charge is 0.323 e. The van der Waals surface area contributed by atoms with Crippen LogP contribution in [0.2, 0.25) is 0 Å². The lowest BCUT2D eigenvalue weighted by atomic mass is 10.0. The van der Waals surface area contributed by atoms with Gasteiger partial charge in [0.1, 0.15) is 12.1 Å². The van der Waals surface area contributed by atoms with Crippen LogP contribution in [0.3, 0.4) is 0 Å². The molecule has 144 valence electrons. The van der Waals surface area contributed by atoms with Crippen LogP contribution in [0.5, 0.6) is 0 Å². The molecule has 2 heterocycles. The number of benzene rings is 2. The summed E-state index contributed by atoms with van der Waals surface area (Å²) in [6, 6.07) is 16.8. The van der Waals surface area contributed by atoms with Gasteiger partial charge in [0.15, 0.2) is 5.65 Å². The number of pyridine rings is 1. The Bertz CT molecular complexity index is 1200. The predicted octanol–water partition coefficient (Wildman–Crippen LogP) is 4.59. The number of nitrogens with zero attached hydrogens (tertiary/aromatic N) is 3. The Hall–Kier alpha value is -3.54. The Morgan fingerprint density at radius 2 is 1.90 bits per heavy atom. The highest BCUT2D eigenvalue weighted by atomic mass is 19.1. The van der Waals surface area contributed by atoms with Crippen LogP contribution in [-0.2, 0) is 11.2 Å². The lowest BCUT2D eigenvalue weighted by Crippen LogP contribution is -2.15. The van der Waals surface area contributed by atoms with E-state index in [1.165, 1.54) is 12.4 Å². The van der Waals surface area contributed by atoms with Crippen molar-refractivity contribution in [2.45, 2.75) is 25.2 Å². The van der Waals surface area contributed by atoms with E-state index < -0.39 is 0 Å². The molecule has 1 N–H and O–H groups in total. The van der Waals surface area contributed by atoms with E-state index in [4.69, 9.17) is 0 Å². The molecule has 1 saturated carbocycles. The second-order valence-electron chi connectivity index (χ2n) is 7.41. The van der Waals surface area contributed by atoms with Gasteiger partial charge in [-0.25, -0.2) is 13.9 Å². The van der Waals surface area contributed by atoms with E-state index in [9.17, 15) is 9.18 Å². The van der Waals surface area contributed by atoms with Crippen LogP contribution < -0.4 is 5.32 Å². The minimum atomic E-state index is -0.373. The molecule has 6 heteroatoms. The van der Waals surface area contributed by atoms with Crippen molar-refractivity contribution >= 4 is 17.2 Å². The van der Waals surface area contributed by atoms with E-state index in [1.54, 1.807) is 10.6 Å². The molecule has 0 aliphatic heterocycles. The van der Waals surface area contributed by atoms with Crippen molar-refractivity contribution in [3.63, 3.8) is 0 Å². The van der Waals surface area contributed by atoms with Crippen molar-refractivity contribution < 1.29 is 9.18 Å². The second-order valence-corrected chi connectivity index (χ2v) is 7.41. The van der Waals surface area contributed by atoms with Gasteiger partial charge in [0, 0.05) is 6.20 Å². The summed E-state index contributed by atoms with van der Waals surface area (Å²) in [5.74, 6) is -0.124. The molecular formula is C23H19FN4O. The van der Waals surface area contributed by atoms with Crippen molar-refractivity contribution in [1.82, 2.24) is 14.6 Å². The Labute approximate surface area is 167 Å². The standard InChI is InChI=1S/C23H19FN4O/c24-20-12-18(17-5-6-17)7-8-21(20)27-23(29)11-15-1-3-16(4-2-15)19-9-10-28-22(13-19)25-14-26-28/h1-4,7-10,12-14,17H,5-6,11H2,(H,27,29). The fourth-order valence-electron chi connectivity index (χ4n) is 3.49. The van der Waals surface area contributed by atoms with Crippen molar-refractivity contribution in [2.75, 3.05) is 5.32 Å². The molecule has 0 atom stereocenters. The number of rotatable bonds is 5. The molecule has 1 fully saturated rings. The number of carbonyl (C=O) groups is 1. The Morgan fingerprint density at radius 1 is 1.07 bits per heavy atom. The fraction of sp³-hybridized carbons (Fsp3) is 0.174. The average Bonchev–Trinajstić information content (AvgIpc) is 3.47. The molecule has 5 nitrogen and oxygen atoms in total. The summed E-state index contributed by atoms with van der Waals surface area (Å²) < 4.78 is 15.9. The molecule has 5 rings (SSSR count). The van der Waals surface area contributed by atoms with Gasteiger partial charge in [0.25, 0.3) is 0 Å². The first-order valence-corrected chi connectivity index (χ1v) is 9.64. The first-order chi connectivity index (χ1) is 14.2. The fourth-order valence-corrected chi connectivity index (χ4v) is 3.49. The van der Waals surface area contributed by atoms with Crippen LogP contribution >= 0.6 is 0 Å². The maximum absolute atomic E-state index is 14.2. The number of halogens is 1. The van der Waals surface area contributed by atoms with Gasteiger partial charge in [-0.15, -0.1) is 0 Å². The third-order valence-corrected chi connectivity index (χ3v) is 5.25. The van der Waals surface area contributed by atoms with Gasteiger partial charge in [-0.1, -0.05) is 30.3 Å².